The van der Waals surface area contributed by atoms with Gasteiger partial charge in [-0.2, -0.15) is 17.4 Å². The monoisotopic (exact) mass is 422 g/mol. The number of amides is 1. The highest BCUT2D eigenvalue weighted by Crippen LogP contribution is 2.52. The molecule has 0 aliphatic rings. The molecule has 0 aromatic rings. The van der Waals surface area contributed by atoms with Gasteiger partial charge < -0.3 is 13.8 Å². The van der Waals surface area contributed by atoms with Crippen LogP contribution in [0.2, 0.25) is 0 Å². The summed E-state index contributed by atoms with van der Waals surface area (Å²) in [6.45, 7) is 9.17. The molecule has 0 spiro atoms. The first-order valence-corrected chi connectivity index (χ1v) is 11.4. The number of carbonyl (C=O) groups excluding carboxylic acids is 1. The Kier molecular flexibility index (Phi) is 9.93. The first-order chi connectivity index (χ1) is 11.3. The standard InChI is InChI=1S/C13H28ClN2O7PS/c1-7-21-24(18,22-8-2)11(3)15-25(19,20)16(10-9-14)12(17)23-13(4,5)6/h11,15H,7-10H2,1-6H3. The number of nitrogens with zero attached hydrogens (tertiary/aromatic N) is 1. The smallest absolute Gasteiger partial charge is 0.425 e. The predicted molar refractivity (Wildman–Crippen MR) is 96.0 cm³/mol. The van der Waals surface area contributed by atoms with Crippen LogP contribution in [0.15, 0.2) is 0 Å². The summed E-state index contributed by atoms with van der Waals surface area (Å²) in [5, 5.41) is 0. The number of rotatable bonds is 10. The lowest BCUT2D eigenvalue weighted by atomic mass is 10.2. The lowest BCUT2D eigenvalue weighted by molar-refractivity contribution is 0.0396. The van der Waals surface area contributed by atoms with E-state index in [0.717, 1.165) is 0 Å². The molecule has 9 nitrogen and oxygen atoms in total. The summed E-state index contributed by atoms with van der Waals surface area (Å²) in [7, 11) is -8.12. The minimum Gasteiger partial charge on any atom is -0.443 e. The maximum atomic E-state index is 12.6. The SMILES string of the molecule is CCOP(=O)(OCC)C(C)NS(=O)(=O)N(CCCl)C(=O)OC(C)(C)C. The van der Waals surface area contributed by atoms with Crippen LogP contribution in [0.25, 0.3) is 0 Å². The van der Waals surface area contributed by atoms with Gasteiger partial charge in [-0.05, 0) is 41.5 Å². The van der Waals surface area contributed by atoms with Gasteiger partial charge in [0.25, 0.3) is 0 Å². The fraction of sp³-hybridized carbons (Fsp3) is 0.923. The number of alkyl halides is 1. The summed E-state index contributed by atoms with van der Waals surface area (Å²) in [6.07, 6.45) is -1.09. The van der Waals surface area contributed by atoms with Crippen molar-refractivity contribution < 1.29 is 31.6 Å². The molecule has 1 amide bonds. The molecule has 0 bridgehead atoms. The van der Waals surface area contributed by atoms with Gasteiger partial charge in [-0.3, -0.25) is 4.57 Å². The molecule has 0 fully saturated rings. The van der Waals surface area contributed by atoms with E-state index >= 15 is 0 Å². The molecule has 150 valence electrons. The molecule has 0 rings (SSSR count). The van der Waals surface area contributed by atoms with Crippen LogP contribution >= 0.6 is 19.2 Å². The Hall–Kier alpha value is -0.380. The summed E-state index contributed by atoms with van der Waals surface area (Å²) >= 11 is 5.60. The van der Waals surface area contributed by atoms with Crippen LogP contribution < -0.4 is 4.72 Å². The molecule has 0 aromatic heterocycles. The number of carbonyl (C=O) groups is 1. The van der Waals surface area contributed by atoms with Crippen molar-refractivity contribution in [3.63, 3.8) is 0 Å². The minimum absolute atomic E-state index is 0.0702. The normalized spacial score (nSPS) is 14.2. The molecule has 12 heteroatoms. The van der Waals surface area contributed by atoms with Crippen molar-refractivity contribution in [1.29, 1.82) is 0 Å². The third-order valence-corrected chi connectivity index (χ3v) is 6.81. The van der Waals surface area contributed by atoms with E-state index < -0.39 is 35.3 Å². The summed E-state index contributed by atoms with van der Waals surface area (Å²) in [5.74, 6) is -1.35. The average molecular weight is 423 g/mol. The zero-order valence-corrected chi connectivity index (χ0v) is 17.9. The van der Waals surface area contributed by atoms with E-state index in [2.05, 4.69) is 4.72 Å². The number of hydrogen-bond acceptors (Lipinski definition) is 7. The maximum Gasteiger partial charge on any atom is 0.425 e. The molecule has 0 heterocycles. The van der Waals surface area contributed by atoms with E-state index in [1.165, 1.54) is 6.92 Å². The van der Waals surface area contributed by atoms with Gasteiger partial charge in [0, 0.05) is 5.88 Å². The van der Waals surface area contributed by atoms with Crippen molar-refractivity contribution in [2.45, 2.75) is 52.9 Å². The third-order valence-electron chi connectivity index (χ3n) is 2.59. The lowest BCUT2D eigenvalue weighted by Crippen LogP contribution is -2.49. The summed E-state index contributed by atoms with van der Waals surface area (Å²) < 4.78 is 55.6. The van der Waals surface area contributed by atoms with Crippen molar-refractivity contribution in [2.75, 3.05) is 25.6 Å². The zero-order valence-electron chi connectivity index (χ0n) is 15.4. The van der Waals surface area contributed by atoms with Crippen LogP contribution in [-0.4, -0.2) is 55.8 Å². The van der Waals surface area contributed by atoms with Gasteiger partial charge in [-0.25, -0.2) is 4.79 Å². The molecule has 0 aliphatic heterocycles. The first kappa shape index (κ1) is 24.6. The molecule has 0 radical (unpaired) electrons. The highest BCUT2D eigenvalue weighted by Gasteiger charge is 2.39. The number of hydrogen-bond donors (Lipinski definition) is 1. The van der Waals surface area contributed by atoms with Crippen LogP contribution in [0.3, 0.4) is 0 Å². The Morgan fingerprint density at radius 3 is 2.08 bits per heavy atom. The van der Waals surface area contributed by atoms with Gasteiger partial charge >= 0.3 is 23.9 Å². The maximum absolute atomic E-state index is 12.6. The van der Waals surface area contributed by atoms with Crippen LogP contribution in [0.1, 0.15) is 41.5 Å². The number of ether oxygens (including phenoxy) is 1. The second-order valence-corrected chi connectivity index (χ2v) is 10.3. The van der Waals surface area contributed by atoms with Gasteiger partial charge in [0.2, 0.25) is 0 Å². The molecule has 25 heavy (non-hydrogen) atoms. The Labute approximate surface area is 155 Å². The van der Waals surface area contributed by atoms with E-state index in [9.17, 15) is 17.8 Å². The quantitative estimate of drug-likeness (QED) is 0.425. The molecular formula is C13H28ClN2O7PS. The highest BCUT2D eigenvalue weighted by atomic mass is 35.5. The molecule has 0 saturated carbocycles. The van der Waals surface area contributed by atoms with Gasteiger partial charge in [0.15, 0.2) is 0 Å². The summed E-state index contributed by atoms with van der Waals surface area (Å²) in [4.78, 5) is 12.2. The van der Waals surface area contributed by atoms with Crippen LogP contribution in [0.5, 0.6) is 0 Å². The first-order valence-electron chi connectivity index (χ1n) is 7.80. The van der Waals surface area contributed by atoms with Gasteiger partial charge in [-0.1, -0.05) is 0 Å². The van der Waals surface area contributed by atoms with E-state index in [1.807, 2.05) is 0 Å². The number of nitrogens with one attached hydrogen (secondary N) is 1. The van der Waals surface area contributed by atoms with Crippen molar-refractivity contribution in [2.24, 2.45) is 0 Å². The van der Waals surface area contributed by atoms with Crippen molar-refractivity contribution in [3.8, 4) is 0 Å². The van der Waals surface area contributed by atoms with Gasteiger partial charge in [0.05, 0.1) is 19.8 Å². The van der Waals surface area contributed by atoms with Crippen molar-refractivity contribution >= 4 is 35.5 Å². The van der Waals surface area contributed by atoms with E-state index in [0.29, 0.717) is 4.31 Å². The van der Waals surface area contributed by atoms with E-state index in [4.69, 9.17) is 25.4 Å². The van der Waals surface area contributed by atoms with Crippen LogP contribution in [-0.2, 0) is 28.6 Å². The third kappa shape index (κ3) is 8.23. The van der Waals surface area contributed by atoms with Gasteiger partial charge in [0.1, 0.15) is 11.4 Å². The summed E-state index contributed by atoms with van der Waals surface area (Å²) in [6, 6.07) is 0. The highest BCUT2D eigenvalue weighted by molar-refractivity contribution is 7.88. The molecule has 0 aromatic carbocycles. The Bertz CT molecular complexity index is 569. The largest absolute Gasteiger partial charge is 0.443 e. The second-order valence-electron chi connectivity index (χ2n) is 5.92. The molecule has 1 N–H and O–H groups in total. The predicted octanol–water partition coefficient (Wildman–Crippen LogP) is 2.91. The van der Waals surface area contributed by atoms with E-state index in [-0.39, 0.29) is 25.6 Å². The van der Waals surface area contributed by atoms with Crippen LogP contribution in [0, 0.1) is 0 Å². The molecule has 1 unspecified atom stereocenters. The molecule has 1 atom stereocenters. The van der Waals surface area contributed by atoms with Crippen molar-refractivity contribution in [3.05, 3.63) is 0 Å². The van der Waals surface area contributed by atoms with Crippen LogP contribution in [0.4, 0.5) is 4.79 Å². The van der Waals surface area contributed by atoms with Crippen molar-refractivity contribution in [1.82, 2.24) is 9.03 Å². The Balaban J connectivity index is 5.46. The lowest BCUT2D eigenvalue weighted by Gasteiger charge is -2.29. The Morgan fingerprint density at radius 1 is 1.24 bits per heavy atom. The fourth-order valence-corrected chi connectivity index (χ4v) is 5.21. The summed E-state index contributed by atoms with van der Waals surface area (Å²) in [5.41, 5.74) is -0.894. The molecule has 0 saturated heterocycles. The van der Waals surface area contributed by atoms with E-state index in [1.54, 1.807) is 34.6 Å². The molecular weight excluding hydrogens is 395 g/mol. The zero-order chi connectivity index (χ0) is 19.9. The topological polar surface area (TPSA) is 111 Å². The minimum atomic E-state index is -4.38. The molecule has 0 aliphatic carbocycles. The average Bonchev–Trinajstić information content (AvgIpc) is 2.42. The fourth-order valence-electron chi connectivity index (χ4n) is 1.66. The van der Waals surface area contributed by atoms with Gasteiger partial charge in [-0.15, -0.1) is 11.6 Å². The number of halogens is 1. The Morgan fingerprint density at radius 2 is 1.72 bits per heavy atom. The second kappa shape index (κ2) is 10.1.